The quantitative estimate of drug-likeness (QED) is 0.800. The van der Waals surface area contributed by atoms with E-state index in [-0.39, 0.29) is 0 Å². The maximum Gasteiger partial charge on any atom is 0.200 e. The molecule has 6 nitrogen and oxygen atoms in total. The summed E-state index contributed by atoms with van der Waals surface area (Å²) in [6.45, 7) is 4.73. The van der Waals surface area contributed by atoms with E-state index in [4.69, 9.17) is 4.74 Å². The Hall–Kier alpha value is -2.63. The van der Waals surface area contributed by atoms with Crippen molar-refractivity contribution in [2.24, 2.45) is 0 Å². The summed E-state index contributed by atoms with van der Waals surface area (Å²) in [4.78, 5) is 0. The first-order valence-corrected chi connectivity index (χ1v) is 8.27. The van der Waals surface area contributed by atoms with Gasteiger partial charge in [0, 0.05) is 12.1 Å². The first-order valence-electron chi connectivity index (χ1n) is 8.27. The highest BCUT2D eigenvalue weighted by Crippen LogP contribution is 2.31. The van der Waals surface area contributed by atoms with Crippen LogP contribution in [0.3, 0.4) is 0 Å². The van der Waals surface area contributed by atoms with Crippen molar-refractivity contribution in [3.8, 4) is 5.75 Å². The molecule has 4 rings (SSSR count). The number of aromatic nitrogens is 4. The van der Waals surface area contributed by atoms with Crippen LogP contribution >= 0.6 is 0 Å². The highest BCUT2D eigenvalue weighted by molar-refractivity contribution is 5.71. The van der Waals surface area contributed by atoms with Crippen molar-refractivity contribution in [2.45, 2.75) is 39.7 Å². The number of methoxy groups -OCH3 is 1. The van der Waals surface area contributed by atoms with Gasteiger partial charge in [-0.3, -0.25) is 0 Å². The molecule has 124 valence electrons. The lowest BCUT2D eigenvalue weighted by Crippen LogP contribution is -2.08. The standard InChI is InChI=1S/C18H21N5O/c1-11-12(2)22-23-10-20-21-18(23)17(11)19-9-15-7-13-5-4-6-14(13)8-16(15)24-3/h7-8,10,19H,4-6,9H2,1-3H3. The predicted octanol–water partition coefficient (Wildman–Crippen LogP) is 2.85. The molecule has 3 aromatic rings. The van der Waals surface area contributed by atoms with Gasteiger partial charge in [0.1, 0.15) is 12.1 Å². The summed E-state index contributed by atoms with van der Waals surface area (Å²) in [7, 11) is 1.73. The molecule has 0 bridgehead atoms. The Morgan fingerprint density at radius 1 is 1.21 bits per heavy atom. The summed E-state index contributed by atoms with van der Waals surface area (Å²) in [6.07, 6.45) is 5.18. The first-order chi connectivity index (χ1) is 11.7. The van der Waals surface area contributed by atoms with E-state index in [0.29, 0.717) is 6.54 Å². The van der Waals surface area contributed by atoms with Crippen LogP contribution in [0.1, 0.15) is 34.4 Å². The van der Waals surface area contributed by atoms with Crippen LogP contribution in [0, 0.1) is 13.8 Å². The van der Waals surface area contributed by atoms with Gasteiger partial charge in [0.25, 0.3) is 0 Å². The Labute approximate surface area is 140 Å². The summed E-state index contributed by atoms with van der Waals surface area (Å²) >= 11 is 0. The molecule has 0 saturated heterocycles. The van der Waals surface area contributed by atoms with Crippen LogP contribution in [0.15, 0.2) is 18.5 Å². The highest BCUT2D eigenvalue weighted by atomic mass is 16.5. The van der Waals surface area contributed by atoms with Crippen LogP contribution in [0.5, 0.6) is 5.75 Å². The molecule has 24 heavy (non-hydrogen) atoms. The number of fused-ring (bicyclic) bond motifs is 2. The number of ether oxygens (including phenoxy) is 1. The van der Waals surface area contributed by atoms with Crippen molar-refractivity contribution in [1.29, 1.82) is 0 Å². The molecule has 1 aliphatic carbocycles. The molecule has 0 amide bonds. The fourth-order valence-electron chi connectivity index (χ4n) is 3.43. The predicted molar refractivity (Wildman–Crippen MR) is 92.6 cm³/mol. The summed E-state index contributed by atoms with van der Waals surface area (Å²) < 4.78 is 7.31. The minimum Gasteiger partial charge on any atom is -0.496 e. The molecule has 2 heterocycles. The number of benzene rings is 1. The van der Waals surface area contributed by atoms with Gasteiger partial charge in [0.05, 0.1) is 18.5 Å². The van der Waals surface area contributed by atoms with Gasteiger partial charge in [-0.1, -0.05) is 6.07 Å². The van der Waals surface area contributed by atoms with Crippen LogP contribution in [-0.2, 0) is 19.4 Å². The van der Waals surface area contributed by atoms with Gasteiger partial charge in [-0.05, 0) is 55.9 Å². The van der Waals surface area contributed by atoms with Gasteiger partial charge < -0.3 is 10.1 Å². The van der Waals surface area contributed by atoms with Gasteiger partial charge in [0.2, 0.25) is 5.65 Å². The van der Waals surface area contributed by atoms with Crippen molar-refractivity contribution >= 4 is 11.3 Å². The van der Waals surface area contributed by atoms with Gasteiger partial charge in [-0.2, -0.15) is 9.61 Å². The molecule has 0 atom stereocenters. The third-order valence-electron chi connectivity index (χ3n) is 4.88. The van der Waals surface area contributed by atoms with E-state index in [1.54, 1.807) is 18.0 Å². The van der Waals surface area contributed by atoms with Gasteiger partial charge in [-0.25, -0.2) is 0 Å². The van der Waals surface area contributed by atoms with E-state index >= 15 is 0 Å². The molecule has 0 spiro atoms. The van der Waals surface area contributed by atoms with Crippen LogP contribution < -0.4 is 10.1 Å². The number of hydrogen-bond donors (Lipinski definition) is 1. The molecule has 1 aromatic carbocycles. The van der Waals surface area contributed by atoms with E-state index in [0.717, 1.165) is 41.2 Å². The summed E-state index contributed by atoms with van der Waals surface area (Å²) in [5.41, 5.74) is 7.82. The van der Waals surface area contributed by atoms with Crippen molar-refractivity contribution < 1.29 is 4.74 Å². The average molecular weight is 323 g/mol. The van der Waals surface area contributed by atoms with E-state index in [1.165, 1.54) is 23.1 Å². The summed E-state index contributed by atoms with van der Waals surface area (Å²) in [5.74, 6) is 0.948. The van der Waals surface area contributed by atoms with E-state index in [1.807, 2.05) is 6.92 Å². The topological polar surface area (TPSA) is 64.3 Å². The minimum absolute atomic E-state index is 0.684. The Kier molecular flexibility index (Phi) is 3.59. The fourth-order valence-corrected chi connectivity index (χ4v) is 3.43. The zero-order valence-corrected chi connectivity index (χ0v) is 14.3. The maximum atomic E-state index is 5.60. The number of hydrogen-bond acceptors (Lipinski definition) is 5. The van der Waals surface area contributed by atoms with Crippen LogP contribution in [0.2, 0.25) is 0 Å². The lowest BCUT2D eigenvalue weighted by atomic mass is 10.0. The molecule has 0 saturated carbocycles. The van der Waals surface area contributed by atoms with Gasteiger partial charge in [-0.15, -0.1) is 10.2 Å². The second kappa shape index (κ2) is 5.78. The SMILES string of the molecule is COc1cc2c(cc1CNc1c(C)c(C)nn3cnnc13)CCC2. The van der Waals surface area contributed by atoms with Crippen molar-refractivity contribution in [1.82, 2.24) is 19.8 Å². The number of rotatable bonds is 4. The normalized spacial score (nSPS) is 13.3. The minimum atomic E-state index is 0.684. The van der Waals surface area contributed by atoms with E-state index in [9.17, 15) is 0 Å². The Morgan fingerprint density at radius 3 is 2.79 bits per heavy atom. The molecule has 1 N–H and O–H groups in total. The van der Waals surface area contributed by atoms with Crippen molar-refractivity contribution in [3.05, 3.63) is 46.4 Å². The molecule has 0 fully saturated rings. The van der Waals surface area contributed by atoms with E-state index < -0.39 is 0 Å². The highest BCUT2D eigenvalue weighted by Gasteiger charge is 2.16. The summed E-state index contributed by atoms with van der Waals surface area (Å²) in [5, 5.41) is 16.1. The van der Waals surface area contributed by atoms with Gasteiger partial charge >= 0.3 is 0 Å². The third-order valence-corrected chi connectivity index (χ3v) is 4.88. The average Bonchev–Trinajstić information content (AvgIpc) is 3.22. The largest absolute Gasteiger partial charge is 0.496 e. The Balaban J connectivity index is 1.69. The molecular formula is C18H21N5O. The molecule has 0 radical (unpaired) electrons. The molecule has 0 unspecified atom stereocenters. The van der Waals surface area contributed by atoms with Crippen LogP contribution in [-0.4, -0.2) is 26.9 Å². The van der Waals surface area contributed by atoms with Crippen molar-refractivity contribution in [3.63, 3.8) is 0 Å². The second-order valence-electron chi connectivity index (χ2n) is 6.32. The number of aryl methyl sites for hydroxylation is 3. The second-order valence-corrected chi connectivity index (χ2v) is 6.32. The van der Waals surface area contributed by atoms with Crippen LogP contribution in [0.4, 0.5) is 5.69 Å². The molecule has 6 heteroatoms. The number of nitrogens with zero attached hydrogens (tertiary/aromatic N) is 4. The fraction of sp³-hybridized carbons (Fsp3) is 0.389. The van der Waals surface area contributed by atoms with Crippen LogP contribution in [0.25, 0.3) is 5.65 Å². The molecular weight excluding hydrogens is 302 g/mol. The molecule has 2 aromatic heterocycles. The van der Waals surface area contributed by atoms with Crippen molar-refractivity contribution in [2.75, 3.05) is 12.4 Å². The lowest BCUT2D eigenvalue weighted by molar-refractivity contribution is 0.410. The zero-order valence-electron chi connectivity index (χ0n) is 14.3. The van der Waals surface area contributed by atoms with E-state index in [2.05, 4.69) is 39.7 Å². The maximum absolute atomic E-state index is 5.60. The lowest BCUT2D eigenvalue weighted by Gasteiger charge is -2.15. The zero-order chi connectivity index (χ0) is 16.7. The third kappa shape index (κ3) is 2.38. The molecule has 0 aliphatic heterocycles. The summed E-state index contributed by atoms with van der Waals surface area (Å²) in [6, 6.07) is 4.47. The first kappa shape index (κ1) is 14.9. The number of anilines is 1. The molecule has 1 aliphatic rings. The Morgan fingerprint density at radius 2 is 2.00 bits per heavy atom. The monoisotopic (exact) mass is 323 g/mol. The van der Waals surface area contributed by atoms with Gasteiger partial charge in [0.15, 0.2) is 0 Å². The smallest absolute Gasteiger partial charge is 0.200 e. The Bertz CT molecular complexity index is 915. The number of nitrogens with one attached hydrogen (secondary N) is 1.